The van der Waals surface area contributed by atoms with Crippen LogP contribution in [-0.4, -0.2) is 87.3 Å². The van der Waals surface area contributed by atoms with Gasteiger partial charge in [0, 0.05) is 51.4 Å². The zero-order valence-electron chi connectivity index (χ0n) is 16.8. The number of nitrogens with zero attached hydrogens (tertiary/aromatic N) is 3. The maximum atomic E-state index is 12.8. The number of amides is 2. The predicted molar refractivity (Wildman–Crippen MR) is 108 cm³/mol. The largest absolute Gasteiger partial charge is 0.342 e. The van der Waals surface area contributed by atoms with Crippen molar-refractivity contribution in [3.05, 3.63) is 29.8 Å². The number of carbonyl (C=O) groups is 2. The SMILES string of the molecule is CCNS(=O)(=O)c1cccc(C(=O)N2CCN(CC(=O)N(CC)CC)CC2)c1. The second kappa shape index (κ2) is 9.99. The third-order valence-electron chi connectivity index (χ3n) is 4.86. The van der Waals surface area contributed by atoms with Crippen molar-refractivity contribution in [3.8, 4) is 0 Å². The molecule has 1 aromatic carbocycles. The molecule has 0 aromatic heterocycles. The van der Waals surface area contributed by atoms with Crippen molar-refractivity contribution in [2.75, 3.05) is 52.4 Å². The molecule has 0 aliphatic carbocycles. The van der Waals surface area contributed by atoms with Crippen LogP contribution < -0.4 is 4.72 Å². The summed E-state index contributed by atoms with van der Waals surface area (Å²) in [6, 6.07) is 6.10. The predicted octanol–water partition coefficient (Wildman–Crippen LogP) is 0.611. The fourth-order valence-electron chi connectivity index (χ4n) is 3.23. The van der Waals surface area contributed by atoms with Gasteiger partial charge in [-0.1, -0.05) is 13.0 Å². The summed E-state index contributed by atoms with van der Waals surface area (Å²) in [5, 5.41) is 0. The maximum Gasteiger partial charge on any atom is 0.253 e. The summed E-state index contributed by atoms with van der Waals surface area (Å²) in [5.41, 5.74) is 0.353. The lowest BCUT2D eigenvalue weighted by atomic mass is 10.2. The number of nitrogens with one attached hydrogen (secondary N) is 1. The first-order valence-corrected chi connectivity index (χ1v) is 11.2. The lowest BCUT2D eigenvalue weighted by Gasteiger charge is -2.35. The van der Waals surface area contributed by atoms with Crippen LogP contribution in [0.1, 0.15) is 31.1 Å². The Kier molecular flexibility index (Phi) is 7.97. The summed E-state index contributed by atoms with van der Waals surface area (Å²) in [4.78, 5) is 30.7. The molecule has 0 unspecified atom stereocenters. The summed E-state index contributed by atoms with van der Waals surface area (Å²) >= 11 is 0. The third kappa shape index (κ3) is 5.52. The topological polar surface area (TPSA) is 90.0 Å². The van der Waals surface area contributed by atoms with Crippen LogP contribution in [0.25, 0.3) is 0 Å². The molecule has 1 aromatic rings. The zero-order chi connectivity index (χ0) is 20.7. The van der Waals surface area contributed by atoms with Gasteiger partial charge in [0.1, 0.15) is 0 Å². The van der Waals surface area contributed by atoms with E-state index in [-0.39, 0.29) is 23.3 Å². The minimum absolute atomic E-state index is 0.0867. The number of hydrogen-bond acceptors (Lipinski definition) is 5. The maximum absolute atomic E-state index is 12.8. The Morgan fingerprint density at radius 2 is 1.71 bits per heavy atom. The van der Waals surface area contributed by atoms with E-state index in [2.05, 4.69) is 9.62 Å². The molecule has 1 fully saturated rings. The van der Waals surface area contributed by atoms with E-state index in [1.807, 2.05) is 13.8 Å². The standard InChI is InChI=1S/C19H30N4O4S/c1-4-20-28(26,27)17-9-7-8-16(14-17)19(25)23-12-10-21(11-13-23)15-18(24)22(5-2)6-3/h7-9,14,20H,4-6,10-13,15H2,1-3H3. The van der Waals surface area contributed by atoms with Gasteiger partial charge in [-0.2, -0.15) is 0 Å². The highest BCUT2D eigenvalue weighted by Crippen LogP contribution is 2.15. The zero-order valence-corrected chi connectivity index (χ0v) is 17.7. The van der Waals surface area contributed by atoms with Crippen LogP contribution in [0.4, 0.5) is 0 Å². The molecule has 1 saturated heterocycles. The molecule has 1 aliphatic heterocycles. The molecule has 28 heavy (non-hydrogen) atoms. The van der Waals surface area contributed by atoms with Crippen LogP contribution in [-0.2, 0) is 14.8 Å². The van der Waals surface area contributed by atoms with Gasteiger partial charge < -0.3 is 9.80 Å². The summed E-state index contributed by atoms with van der Waals surface area (Å²) in [5.74, 6) is -0.0885. The van der Waals surface area contributed by atoms with Crippen molar-refractivity contribution in [1.29, 1.82) is 0 Å². The molecule has 9 heteroatoms. The van der Waals surface area contributed by atoms with E-state index in [0.717, 1.165) is 0 Å². The van der Waals surface area contributed by atoms with E-state index in [4.69, 9.17) is 0 Å². The number of likely N-dealkylation sites (N-methyl/N-ethyl adjacent to an activating group) is 1. The van der Waals surface area contributed by atoms with Gasteiger partial charge in [0.25, 0.3) is 5.91 Å². The molecule has 0 bridgehead atoms. The Bertz CT molecular complexity index is 785. The molecule has 0 spiro atoms. The average Bonchev–Trinajstić information content (AvgIpc) is 2.69. The second-order valence-corrected chi connectivity index (χ2v) is 8.43. The molecular weight excluding hydrogens is 380 g/mol. The van der Waals surface area contributed by atoms with Crippen molar-refractivity contribution in [3.63, 3.8) is 0 Å². The minimum atomic E-state index is -3.60. The van der Waals surface area contributed by atoms with E-state index in [9.17, 15) is 18.0 Å². The van der Waals surface area contributed by atoms with Crippen LogP contribution >= 0.6 is 0 Å². The number of benzene rings is 1. The molecule has 156 valence electrons. The van der Waals surface area contributed by atoms with Crippen LogP contribution in [0.5, 0.6) is 0 Å². The summed E-state index contributed by atoms with van der Waals surface area (Å²) in [6.45, 7) is 9.92. The fourth-order valence-corrected chi connectivity index (χ4v) is 4.32. The van der Waals surface area contributed by atoms with Crippen molar-refractivity contribution in [2.45, 2.75) is 25.7 Å². The van der Waals surface area contributed by atoms with Crippen molar-refractivity contribution >= 4 is 21.8 Å². The molecular formula is C19H30N4O4S. The first-order chi connectivity index (χ1) is 13.3. The van der Waals surface area contributed by atoms with Gasteiger partial charge in [0.15, 0.2) is 0 Å². The van der Waals surface area contributed by atoms with Crippen molar-refractivity contribution < 1.29 is 18.0 Å². The van der Waals surface area contributed by atoms with E-state index in [1.54, 1.807) is 28.9 Å². The minimum Gasteiger partial charge on any atom is -0.342 e. The monoisotopic (exact) mass is 410 g/mol. The number of sulfonamides is 1. The Balaban J connectivity index is 1.98. The Hall–Kier alpha value is -1.97. The first-order valence-electron chi connectivity index (χ1n) is 9.71. The lowest BCUT2D eigenvalue weighted by molar-refractivity contribution is -0.132. The second-order valence-electron chi connectivity index (χ2n) is 6.66. The molecule has 0 saturated carbocycles. The number of carbonyl (C=O) groups excluding carboxylic acids is 2. The molecule has 0 radical (unpaired) electrons. The van der Waals surface area contributed by atoms with Crippen molar-refractivity contribution in [2.24, 2.45) is 0 Å². The van der Waals surface area contributed by atoms with Gasteiger partial charge in [-0.15, -0.1) is 0 Å². The third-order valence-corrected chi connectivity index (χ3v) is 6.40. The fraction of sp³-hybridized carbons (Fsp3) is 0.579. The van der Waals surface area contributed by atoms with Crippen molar-refractivity contribution in [1.82, 2.24) is 19.4 Å². The normalized spacial score (nSPS) is 15.5. The summed E-state index contributed by atoms with van der Waals surface area (Å²) < 4.78 is 26.7. The van der Waals surface area contributed by atoms with E-state index in [0.29, 0.717) is 51.4 Å². The number of rotatable bonds is 8. The van der Waals surface area contributed by atoms with Crippen LogP contribution in [0.3, 0.4) is 0 Å². The number of piperazine rings is 1. The summed E-state index contributed by atoms with van der Waals surface area (Å²) in [7, 11) is -3.60. The highest BCUT2D eigenvalue weighted by atomic mass is 32.2. The van der Waals surface area contributed by atoms with Crippen LogP contribution in [0.2, 0.25) is 0 Å². The van der Waals surface area contributed by atoms with Gasteiger partial charge in [-0.3, -0.25) is 14.5 Å². The highest BCUT2D eigenvalue weighted by Gasteiger charge is 2.25. The molecule has 0 atom stereocenters. The molecule has 2 rings (SSSR count). The molecule has 8 nitrogen and oxygen atoms in total. The Morgan fingerprint density at radius 1 is 1.07 bits per heavy atom. The van der Waals surface area contributed by atoms with Gasteiger partial charge in [-0.25, -0.2) is 13.1 Å². The van der Waals surface area contributed by atoms with Gasteiger partial charge >= 0.3 is 0 Å². The Labute approximate surface area is 167 Å². The highest BCUT2D eigenvalue weighted by molar-refractivity contribution is 7.89. The summed E-state index contributed by atoms with van der Waals surface area (Å²) in [6.07, 6.45) is 0. The smallest absolute Gasteiger partial charge is 0.253 e. The van der Waals surface area contributed by atoms with Gasteiger partial charge in [0.2, 0.25) is 15.9 Å². The first kappa shape index (κ1) is 22.3. The molecule has 1 N–H and O–H groups in total. The van der Waals surface area contributed by atoms with Crippen LogP contribution in [0, 0.1) is 0 Å². The van der Waals surface area contributed by atoms with Gasteiger partial charge in [-0.05, 0) is 32.0 Å². The average molecular weight is 411 g/mol. The lowest BCUT2D eigenvalue weighted by Crippen LogP contribution is -2.51. The van der Waals surface area contributed by atoms with Crippen LogP contribution in [0.15, 0.2) is 29.2 Å². The molecule has 2 amide bonds. The van der Waals surface area contributed by atoms with Gasteiger partial charge in [0.05, 0.1) is 11.4 Å². The Morgan fingerprint density at radius 3 is 2.29 bits per heavy atom. The quantitative estimate of drug-likeness (QED) is 0.678. The number of hydrogen-bond donors (Lipinski definition) is 1. The molecule has 1 aliphatic rings. The van der Waals surface area contributed by atoms with E-state index >= 15 is 0 Å². The van der Waals surface area contributed by atoms with E-state index < -0.39 is 10.0 Å². The molecule has 1 heterocycles. The van der Waals surface area contributed by atoms with E-state index in [1.165, 1.54) is 12.1 Å².